The minimum Gasteiger partial charge on any atom is -0.376 e. The molecule has 2 amide bonds. The molecule has 0 bridgehead atoms. The molecule has 2 heterocycles. The number of nitrogens with one attached hydrogen (secondary N) is 2. The molecule has 18 heavy (non-hydrogen) atoms. The molecular weight excluding hydrogens is 250 g/mol. The number of amides is 2. The van der Waals surface area contributed by atoms with Crippen LogP contribution in [0.4, 0.5) is 4.79 Å². The number of ether oxygens (including phenoxy) is 1. The van der Waals surface area contributed by atoms with E-state index in [0.717, 1.165) is 30.2 Å². The molecule has 2 rings (SSSR count). The predicted octanol–water partition coefficient (Wildman–Crippen LogP) is 1.82. The Bertz CT molecular complexity index is 402. The summed E-state index contributed by atoms with van der Waals surface area (Å²) in [5, 5.41) is 8.61. The van der Waals surface area contributed by atoms with Gasteiger partial charge in [-0.25, -0.2) is 9.78 Å². The van der Waals surface area contributed by atoms with Crippen LogP contribution in [0.5, 0.6) is 0 Å². The van der Waals surface area contributed by atoms with Crippen molar-refractivity contribution in [1.82, 2.24) is 15.6 Å². The second-order valence-electron chi connectivity index (χ2n) is 4.55. The molecule has 2 N–H and O–H groups in total. The number of urea groups is 1. The molecule has 1 aliphatic rings. The van der Waals surface area contributed by atoms with Crippen LogP contribution in [0.15, 0.2) is 5.38 Å². The fourth-order valence-electron chi connectivity index (χ4n) is 1.99. The number of carbonyl (C=O) groups excluding carboxylic acids is 1. The molecule has 1 saturated heterocycles. The fraction of sp³-hybridized carbons (Fsp3) is 0.667. The fourth-order valence-corrected chi connectivity index (χ4v) is 2.70. The van der Waals surface area contributed by atoms with Crippen molar-refractivity contribution in [1.29, 1.82) is 0 Å². The first kappa shape index (κ1) is 13.3. The summed E-state index contributed by atoms with van der Waals surface area (Å²) in [4.78, 5) is 16.0. The molecule has 0 aromatic carbocycles. The van der Waals surface area contributed by atoms with Crippen LogP contribution in [0, 0.1) is 6.92 Å². The van der Waals surface area contributed by atoms with Crippen LogP contribution in [-0.2, 0) is 11.3 Å². The zero-order valence-electron chi connectivity index (χ0n) is 10.7. The Morgan fingerprint density at radius 1 is 1.72 bits per heavy atom. The van der Waals surface area contributed by atoms with E-state index in [1.807, 2.05) is 19.2 Å². The summed E-state index contributed by atoms with van der Waals surface area (Å²) in [6, 6.07) is -0.114. The van der Waals surface area contributed by atoms with E-state index in [1.165, 1.54) is 0 Å². The molecule has 0 spiro atoms. The van der Waals surface area contributed by atoms with Crippen LogP contribution in [-0.4, -0.2) is 29.8 Å². The first-order valence-electron chi connectivity index (χ1n) is 6.22. The third-order valence-corrected chi connectivity index (χ3v) is 3.91. The van der Waals surface area contributed by atoms with E-state index in [4.69, 9.17) is 4.74 Å². The molecule has 1 aromatic rings. The number of hydrogen-bond donors (Lipinski definition) is 2. The van der Waals surface area contributed by atoms with E-state index >= 15 is 0 Å². The SMILES string of the molecule is Cc1csc(CNC(=O)N[C@@H](C)[C@H]2CCCO2)n1. The average Bonchev–Trinajstić information content (AvgIpc) is 2.97. The van der Waals surface area contributed by atoms with Gasteiger partial charge in [0, 0.05) is 17.7 Å². The van der Waals surface area contributed by atoms with Crippen LogP contribution in [0.2, 0.25) is 0 Å². The Labute approximate surface area is 111 Å². The molecule has 0 radical (unpaired) electrons. The van der Waals surface area contributed by atoms with Gasteiger partial charge in [0.15, 0.2) is 0 Å². The highest BCUT2D eigenvalue weighted by molar-refractivity contribution is 7.09. The highest BCUT2D eigenvalue weighted by Crippen LogP contribution is 2.15. The highest BCUT2D eigenvalue weighted by atomic mass is 32.1. The number of thiazole rings is 1. The lowest BCUT2D eigenvalue weighted by Gasteiger charge is -2.20. The van der Waals surface area contributed by atoms with Gasteiger partial charge in [-0.15, -0.1) is 11.3 Å². The first-order chi connectivity index (χ1) is 8.65. The van der Waals surface area contributed by atoms with Crippen LogP contribution >= 0.6 is 11.3 Å². The summed E-state index contributed by atoms with van der Waals surface area (Å²) in [5.74, 6) is 0. The van der Waals surface area contributed by atoms with E-state index in [-0.39, 0.29) is 18.2 Å². The number of aryl methyl sites for hydroxylation is 1. The minimum absolute atomic E-state index is 0.0468. The normalized spacial score (nSPS) is 20.7. The Kier molecular flexibility index (Phi) is 4.54. The maximum absolute atomic E-state index is 11.7. The molecule has 0 saturated carbocycles. The zero-order chi connectivity index (χ0) is 13.0. The quantitative estimate of drug-likeness (QED) is 0.876. The number of carbonyl (C=O) groups is 1. The Morgan fingerprint density at radius 2 is 2.56 bits per heavy atom. The van der Waals surface area contributed by atoms with Crippen molar-refractivity contribution in [2.45, 2.75) is 45.4 Å². The van der Waals surface area contributed by atoms with Crippen molar-refractivity contribution in [3.8, 4) is 0 Å². The topological polar surface area (TPSA) is 63.2 Å². The summed E-state index contributed by atoms with van der Waals surface area (Å²) in [5.41, 5.74) is 0.991. The zero-order valence-corrected chi connectivity index (χ0v) is 11.5. The van der Waals surface area contributed by atoms with Gasteiger partial charge in [0.1, 0.15) is 5.01 Å². The van der Waals surface area contributed by atoms with Gasteiger partial charge in [-0.05, 0) is 26.7 Å². The first-order valence-corrected chi connectivity index (χ1v) is 7.10. The summed E-state index contributed by atoms with van der Waals surface area (Å²) in [7, 11) is 0. The molecule has 1 aliphatic heterocycles. The maximum Gasteiger partial charge on any atom is 0.315 e. The van der Waals surface area contributed by atoms with Crippen LogP contribution in [0.3, 0.4) is 0 Å². The highest BCUT2D eigenvalue weighted by Gasteiger charge is 2.23. The molecular formula is C12H19N3O2S. The van der Waals surface area contributed by atoms with Gasteiger partial charge >= 0.3 is 6.03 Å². The summed E-state index contributed by atoms with van der Waals surface area (Å²) >= 11 is 1.56. The van der Waals surface area contributed by atoms with E-state index in [1.54, 1.807) is 11.3 Å². The Balaban J connectivity index is 1.71. The second-order valence-corrected chi connectivity index (χ2v) is 5.49. The van der Waals surface area contributed by atoms with Crippen molar-refractivity contribution in [3.05, 3.63) is 16.1 Å². The maximum atomic E-state index is 11.7. The van der Waals surface area contributed by atoms with Crippen LogP contribution in [0.1, 0.15) is 30.5 Å². The standard InChI is InChI=1S/C12H19N3O2S/c1-8-7-18-11(14-8)6-13-12(16)15-9(2)10-4-3-5-17-10/h7,9-10H,3-6H2,1-2H3,(H2,13,15,16)/t9-,10+/m0/s1. The molecule has 100 valence electrons. The largest absolute Gasteiger partial charge is 0.376 e. The molecule has 1 fully saturated rings. The van der Waals surface area contributed by atoms with Gasteiger partial charge in [-0.2, -0.15) is 0 Å². The van der Waals surface area contributed by atoms with Gasteiger partial charge < -0.3 is 15.4 Å². The van der Waals surface area contributed by atoms with Crippen molar-refractivity contribution >= 4 is 17.4 Å². The Hall–Kier alpha value is -1.14. The van der Waals surface area contributed by atoms with Gasteiger partial charge in [0.25, 0.3) is 0 Å². The lowest BCUT2D eigenvalue weighted by Crippen LogP contribution is -2.45. The predicted molar refractivity (Wildman–Crippen MR) is 70.7 cm³/mol. The van der Waals surface area contributed by atoms with Gasteiger partial charge in [0.2, 0.25) is 0 Å². The van der Waals surface area contributed by atoms with Crippen LogP contribution in [0.25, 0.3) is 0 Å². The van der Waals surface area contributed by atoms with Gasteiger partial charge in [0.05, 0.1) is 18.7 Å². The van der Waals surface area contributed by atoms with Crippen molar-refractivity contribution < 1.29 is 9.53 Å². The summed E-state index contributed by atoms with van der Waals surface area (Å²) < 4.78 is 5.53. The number of aromatic nitrogens is 1. The van der Waals surface area contributed by atoms with E-state index in [0.29, 0.717) is 6.54 Å². The third kappa shape index (κ3) is 3.68. The van der Waals surface area contributed by atoms with Crippen molar-refractivity contribution in [2.75, 3.05) is 6.61 Å². The third-order valence-electron chi connectivity index (χ3n) is 2.95. The second kappa shape index (κ2) is 6.15. The van der Waals surface area contributed by atoms with E-state index < -0.39 is 0 Å². The molecule has 5 nitrogen and oxygen atoms in total. The average molecular weight is 269 g/mol. The molecule has 0 aliphatic carbocycles. The number of rotatable bonds is 4. The number of nitrogens with zero attached hydrogens (tertiary/aromatic N) is 1. The summed E-state index contributed by atoms with van der Waals surface area (Å²) in [6.07, 6.45) is 2.25. The van der Waals surface area contributed by atoms with Gasteiger partial charge in [-0.1, -0.05) is 0 Å². The molecule has 0 unspecified atom stereocenters. The smallest absolute Gasteiger partial charge is 0.315 e. The lowest BCUT2D eigenvalue weighted by molar-refractivity contribution is 0.0860. The minimum atomic E-state index is -0.161. The van der Waals surface area contributed by atoms with Crippen molar-refractivity contribution in [2.24, 2.45) is 0 Å². The van der Waals surface area contributed by atoms with E-state index in [9.17, 15) is 4.79 Å². The monoisotopic (exact) mass is 269 g/mol. The molecule has 2 atom stereocenters. The lowest BCUT2D eigenvalue weighted by atomic mass is 10.1. The molecule has 1 aromatic heterocycles. The van der Waals surface area contributed by atoms with Gasteiger partial charge in [-0.3, -0.25) is 0 Å². The number of hydrogen-bond acceptors (Lipinski definition) is 4. The van der Waals surface area contributed by atoms with Crippen LogP contribution < -0.4 is 10.6 Å². The molecule has 6 heteroatoms. The van der Waals surface area contributed by atoms with Crippen molar-refractivity contribution in [3.63, 3.8) is 0 Å². The van der Waals surface area contributed by atoms with E-state index in [2.05, 4.69) is 15.6 Å². The Morgan fingerprint density at radius 3 is 3.17 bits per heavy atom. The summed E-state index contributed by atoms with van der Waals surface area (Å²) in [6.45, 7) is 5.20.